The Hall–Kier alpha value is -2.15. The third-order valence-corrected chi connectivity index (χ3v) is 5.26. The summed E-state index contributed by atoms with van der Waals surface area (Å²) in [7, 11) is -4.22. The van der Waals surface area contributed by atoms with Gasteiger partial charge in [0.15, 0.2) is 0 Å². The first-order chi connectivity index (χ1) is 10.9. The molecule has 0 amide bonds. The highest BCUT2D eigenvalue weighted by Gasteiger charge is 2.20. The van der Waals surface area contributed by atoms with Crippen molar-refractivity contribution in [2.45, 2.75) is 11.8 Å². The van der Waals surface area contributed by atoms with E-state index in [1.807, 2.05) is 6.92 Å². The lowest BCUT2D eigenvalue weighted by Crippen LogP contribution is -2.25. The van der Waals surface area contributed by atoms with Crippen LogP contribution in [0.15, 0.2) is 59.6 Å². The van der Waals surface area contributed by atoms with Crippen LogP contribution >= 0.6 is 11.6 Å². The van der Waals surface area contributed by atoms with Crippen molar-refractivity contribution >= 4 is 38.2 Å². The highest BCUT2D eigenvalue weighted by molar-refractivity contribution is 7.93. The summed E-state index contributed by atoms with van der Waals surface area (Å²) in [6.07, 6.45) is 1.48. The van der Waals surface area contributed by atoms with E-state index in [0.29, 0.717) is 10.4 Å². The van der Waals surface area contributed by atoms with Crippen LogP contribution in [-0.2, 0) is 10.0 Å². The Labute approximate surface area is 138 Å². The lowest BCUT2D eigenvalue weighted by atomic mass is 10.2. The lowest BCUT2D eigenvalue weighted by Gasteiger charge is -2.30. The zero-order chi connectivity index (χ0) is 16.6. The monoisotopic (exact) mass is 347 g/mol. The molecular formula is C16H12ClN2O3S-. The standard InChI is InChI=1S/C16H12ClN2O3S/c1-11-4-6-12(7-5-11)23(21,22)19(20)15-9-8-14(17)13-3-2-10-18-16(13)15/h2-10H,1H3/q-1. The van der Waals surface area contributed by atoms with Gasteiger partial charge in [0.25, 0.3) is 10.0 Å². The van der Waals surface area contributed by atoms with Crippen molar-refractivity contribution in [2.75, 3.05) is 4.47 Å². The summed E-state index contributed by atoms with van der Waals surface area (Å²) in [6.45, 7) is 1.84. The molecule has 0 atom stereocenters. The molecule has 0 N–H and O–H groups in total. The second-order valence-electron chi connectivity index (χ2n) is 5.01. The van der Waals surface area contributed by atoms with Gasteiger partial charge in [0, 0.05) is 11.6 Å². The van der Waals surface area contributed by atoms with E-state index in [4.69, 9.17) is 11.6 Å². The SMILES string of the molecule is Cc1ccc(S(=O)(=O)N([O-])c2ccc(Cl)c3cccnc23)cc1. The number of benzene rings is 2. The summed E-state index contributed by atoms with van der Waals surface area (Å²) in [5.41, 5.74) is 1.08. The van der Waals surface area contributed by atoms with E-state index in [2.05, 4.69) is 4.98 Å². The molecule has 5 nitrogen and oxygen atoms in total. The molecular weight excluding hydrogens is 336 g/mol. The Bertz CT molecular complexity index is 972. The molecule has 0 bridgehead atoms. The maximum absolute atomic E-state index is 12.5. The number of anilines is 1. The van der Waals surface area contributed by atoms with Crippen LogP contribution in [0.25, 0.3) is 10.9 Å². The number of aromatic nitrogens is 1. The van der Waals surface area contributed by atoms with Crippen LogP contribution in [-0.4, -0.2) is 13.4 Å². The number of nitrogens with zero attached hydrogens (tertiary/aromatic N) is 2. The molecule has 0 radical (unpaired) electrons. The quantitative estimate of drug-likeness (QED) is 0.674. The molecule has 1 aromatic heterocycles. The van der Waals surface area contributed by atoms with Crippen molar-refractivity contribution in [3.05, 3.63) is 70.5 Å². The second-order valence-corrected chi connectivity index (χ2v) is 7.17. The minimum Gasteiger partial charge on any atom is -0.744 e. The summed E-state index contributed by atoms with van der Waals surface area (Å²) in [5, 5.41) is 13.4. The molecule has 0 saturated heterocycles. The summed E-state index contributed by atoms with van der Waals surface area (Å²) in [4.78, 5) is 4.02. The third-order valence-electron chi connectivity index (χ3n) is 3.43. The normalized spacial score (nSPS) is 11.6. The number of halogens is 1. The van der Waals surface area contributed by atoms with Gasteiger partial charge in [-0.05, 0) is 43.3 Å². The molecule has 7 heteroatoms. The molecule has 0 spiro atoms. The van der Waals surface area contributed by atoms with Gasteiger partial charge in [-0.2, -0.15) is 0 Å². The number of sulfonamides is 1. The van der Waals surface area contributed by atoms with Gasteiger partial charge in [0.05, 0.1) is 21.1 Å². The van der Waals surface area contributed by atoms with E-state index in [9.17, 15) is 13.6 Å². The Balaban J connectivity index is 2.15. The van der Waals surface area contributed by atoms with Gasteiger partial charge in [-0.3, -0.25) is 4.98 Å². The maximum Gasteiger partial charge on any atom is 0.254 e. The van der Waals surface area contributed by atoms with Gasteiger partial charge >= 0.3 is 0 Å². The van der Waals surface area contributed by atoms with Crippen molar-refractivity contribution in [3.63, 3.8) is 0 Å². The van der Waals surface area contributed by atoms with Crippen molar-refractivity contribution in [1.29, 1.82) is 0 Å². The highest BCUT2D eigenvalue weighted by atomic mass is 35.5. The van der Waals surface area contributed by atoms with Crippen LogP contribution in [0.4, 0.5) is 5.69 Å². The van der Waals surface area contributed by atoms with Crippen LogP contribution in [0.5, 0.6) is 0 Å². The third kappa shape index (κ3) is 2.76. The Morgan fingerprint density at radius 2 is 1.78 bits per heavy atom. The van der Waals surface area contributed by atoms with Gasteiger partial charge in [-0.25, -0.2) is 8.42 Å². The van der Waals surface area contributed by atoms with E-state index < -0.39 is 10.0 Å². The first-order valence-corrected chi connectivity index (χ1v) is 8.55. The number of pyridine rings is 1. The fourth-order valence-corrected chi connectivity index (χ4v) is 3.50. The number of rotatable bonds is 3. The molecule has 3 aromatic rings. The average Bonchev–Trinajstić information content (AvgIpc) is 2.55. The van der Waals surface area contributed by atoms with Gasteiger partial charge < -0.3 is 9.68 Å². The fourth-order valence-electron chi connectivity index (χ4n) is 2.21. The molecule has 0 aliphatic rings. The number of hydrogen-bond donors (Lipinski definition) is 0. The average molecular weight is 348 g/mol. The lowest BCUT2D eigenvalue weighted by molar-refractivity contribution is 0.596. The summed E-state index contributed by atoms with van der Waals surface area (Å²) in [5.74, 6) is 0. The van der Waals surface area contributed by atoms with E-state index >= 15 is 0 Å². The van der Waals surface area contributed by atoms with E-state index in [-0.39, 0.29) is 20.6 Å². The fraction of sp³-hybridized carbons (Fsp3) is 0.0625. The molecule has 0 unspecified atom stereocenters. The number of aryl methyl sites for hydroxylation is 1. The van der Waals surface area contributed by atoms with Crippen molar-refractivity contribution in [1.82, 2.24) is 4.98 Å². The summed E-state index contributed by atoms with van der Waals surface area (Å²) >= 11 is 6.07. The highest BCUT2D eigenvalue weighted by Crippen LogP contribution is 2.32. The zero-order valence-electron chi connectivity index (χ0n) is 12.1. The van der Waals surface area contributed by atoms with Crippen molar-refractivity contribution < 1.29 is 8.42 Å². The topological polar surface area (TPSA) is 73.3 Å². The molecule has 0 aliphatic carbocycles. The van der Waals surface area contributed by atoms with Crippen molar-refractivity contribution in [2.24, 2.45) is 0 Å². The van der Waals surface area contributed by atoms with Crippen LogP contribution in [0.2, 0.25) is 5.02 Å². The largest absolute Gasteiger partial charge is 0.744 e. The summed E-state index contributed by atoms with van der Waals surface area (Å²) < 4.78 is 25.0. The minimum absolute atomic E-state index is 0.0106. The van der Waals surface area contributed by atoms with Gasteiger partial charge in [-0.1, -0.05) is 29.3 Å². The molecule has 3 rings (SSSR count). The second kappa shape index (κ2) is 5.81. The zero-order valence-corrected chi connectivity index (χ0v) is 13.7. The summed E-state index contributed by atoms with van der Waals surface area (Å²) in [6, 6.07) is 12.3. The van der Waals surface area contributed by atoms with Crippen LogP contribution in [0.1, 0.15) is 5.56 Å². The molecule has 118 valence electrons. The Morgan fingerprint density at radius 1 is 1.09 bits per heavy atom. The van der Waals surface area contributed by atoms with Gasteiger partial charge in [-0.15, -0.1) is 0 Å². The first kappa shape index (κ1) is 15.7. The molecule has 0 fully saturated rings. The van der Waals surface area contributed by atoms with E-state index in [1.54, 1.807) is 24.3 Å². The predicted molar refractivity (Wildman–Crippen MR) is 91.0 cm³/mol. The minimum atomic E-state index is -4.22. The van der Waals surface area contributed by atoms with Crippen LogP contribution < -0.4 is 4.47 Å². The molecule has 2 aromatic carbocycles. The maximum atomic E-state index is 12.5. The smallest absolute Gasteiger partial charge is 0.254 e. The Kier molecular flexibility index (Phi) is 3.97. The molecule has 0 aliphatic heterocycles. The van der Waals surface area contributed by atoms with Crippen LogP contribution in [0.3, 0.4) is 0 Å². The molecule has 0 saturated carbocycles. The van der Waals surface area contributed by atoms with Crippen LogP contribution in [0, 0.1) is 12.1 Å². The number of hydrogen-bond acceptors (Lipinski definition) is 4. The first-order valence-electron chi connectivity index (χ1n) is 6.73. The predicted octanol–water partition coefficient (Wildman–Crippen LogP) is 3.89. The van der Waals surface area contributed by atoms with E-state index in [0.717, 1.165) is 5.56 Å². The Morgan fingerprint density at radius 3 is 2.48 bits per heavy atom. The van der Waals surface area contributed by atoms with Crippen molar-refractivity contribution in [3.8, 4) is 0 Å². The van der Waals surface area contributed by atoms with Gasteiger partial charge in [0.1, 0.15) is 0 Å². The molecule has 1 heterocycles. The number of fused-ring (bicyclic) bond motifs is 1. The van der Waals surface area contributed by atoms with Gasteiger partial charge in [0.2, 0.25) is 0 Å². The molecule has 23 heavy (non-hydrogen) atoms. The van der Waals surface area contributed by atoms with E-state index in [1.165, 1.54) is 30.5 Å².